The normalized spacial score (nSPS) is 16.9. The third-order valence-corrected chi connectivity index (χ3v) is 4.47. The van der Waals surface area contributed by atoms with Gasteiger partial charge >= 0.3 is 0 Å². The van der Waals surface area contributed by atoms with Gasteiger partial charge in [0, 0.05) is 12.5 Å². The summed E-state index contributed by atoms with van der Waals surface area (Å²) in [5.41, 5.74) is 1.57. The Morgan fingerprint density at radius 2 is 2.10 bits per heavy atom. The number of aromatic nitrogens is 3. The van der Waals surface area contributed by atoms with E-state index in [-0.39, 0.29) is 11.2 Å². The van der Waals surface area contributed by atoms with Gasteiger partial charge in [-0.05, 0) is 11.8 Å². The van der Waals surface area contributed by atoms with Crippen LogP contribution in [0.4, 0.5) is 0 Å². The van der Waals surface area contributed by atoms with E-state index in [1.807, 2.05) is 0 Å². The van der Waals surface area contributed by atoms with Crippen LogP contribution in [0.3, 0.4) is 0 Å². The highest BCUT2D eigenvalue weighted by Crippen LogP contribution is 2.39. The summed E-state index contributed by atoms with van der Waals surface area (Å²) in [4.78, 5) is 25.7. The van der Waals surface area contributed by atoms with Crippen molar-refractivity contribution in [1.82, 2.24) is 15.0 Å². The van der Waals surface area contributed by atoms with Crippen LogP contribution in [0.1, 0.15) is 35.6 Å². The Kier molecular flexibility index (Phi) is 3.05. The van der Waals surface area contributed by atoms with E-state index in [1.165, 1.54) is 17.7 Å². The van der Waals surface area contributed by atoms with Gasteiger partial charge in [0.05, 0.1) is 17.7 Å². The minimum absolute atomic E-state index is 0.0151. The third kappa shape index (κ3) is 2.31. The van der Waals surface area contributed by atoms with Gasteiger partial charge in [0.1, 0.15) is 17.0 Å². The smallest absolute Gasteiger partial charge is 0.216 e. The van der Waals surface area contributed by atoms with Crippen LogP contribution in [0.15, 0.2) is 12.4 Å². The van der Waals surface area contributed by atoms with Crippen LogP contribution in [0.2, 0.25) is 0 Å². The maximum Gasteiger partial charge on any atom is 0.216 e. The van der Waals surface area contributed by atoms with Gasteiger partial charge < -0.3 is 4.74 Å². The lowest BCUT2D eigenvalue weighted by Gasteiger charge is -2.26. The van der Waals surface area contributed by atoms with Crippen molar-refractivity contribution in [3.05, 3.63) is 23.0 Å². The lowest BCUT2D eigenvalue weighted by molar-refractivity contribution is 0.0916. The number of ether oxygens (including phenoxy) is 1. The van der Waals surface area contributed by atoms with Gasteiger partial charge in [0.2, 0.25) is 5.88 Å². The lowest BCUT2D eigenvalue weighted by Crippen LogP contribution is -2.25. The molecule has 3 rings (SSSR count). The first kappa shape index (κ1) is 13.2. The Morgan fingerprint density at radius 3 is 2.85 bits per heavy atom. The minimum atomic E-state index is -0.0151. The zero-order chi connectivity index (χ0) is 14.3. The quantitative estimate of drug-likeness (QED) is 0.850. The van der Waals surface area contributed by atoms with E-state index in [0.29, 0.717) is 18.0 Å². The van der Waals surface area contributed by atoms with Crippen LogP contribution in [0.5, 0.6) is 5.88 Å². The van der Waals surface area contributed by atoms with Crippen LogP contribution >= 0.6 is 11.3 Å². The minimum Gasteiger partial charge on any atom is -0.481 e. The summed E-state index contributed by atoms with van der Waals surface area (Å²) in [7, 11) is 1.56. The average Bonchev–Trinajstić information content (AvgIpc) is 2.81. The largest absolute Gasteiger partial charge is 0.481 e. The van der Waals surface area contributed by atoms with Crippen LogP contribution in [-0.4, -0.2) is 27.8 Å². The van der Waals surface area contributed by atoms with E-state index < -0.39 is 0 Å². The first-order valence-electron chi connectivity index (χ1n) is 6.38. The molecule has 2 heterocycles. The van der Waals surface area contributed by atoms with Crippen molar-refractivity contribution in [1.29, 1.82) is 0 Å². The predicted octanol–water partition coefficient (Wildman–Crippen LogP) is 2.76. The molecule has 1 aliphatic rings. The Labute approximate surface area is 121 Å². The first-order chi connectivity index (χ1) is 9.48. The fraction of sp³-hybridized carbons (Fsp3) is 0.429. The molecule has 0 atom stereocenters. The second-order valence-corrected chi connectivity index (χ2v) is 6.68. The van der Waals surface area contributed by atoms with Crippen LogP contribution in [0, 0.1) is 5.41 Å². The number of hydrogen-bond acceptors (Lipinski definition) is 6. The second-order valence-electron chi connectivity index (χ2n) is 5.68. The molecular weight excluding hydrogens is 274 g/mol. The first-order valence-corrected chi connectivity index (χ1v) is 7.19. The fourth-order valence-electron chi connectivity index (χ4n) is 2.40. The maximum atomic E-state index is 12.2. The molecule has 1 aliphatic carbocycles. The maximum absolute atomic E-state index is 12.2. The predicted molar refractivity (Wildman–Crippen MR) is 76.1 cm³/mol. The van der Waals surface area contributed by atoms with E-state index in [1.54, 1.807) is 13.2 Å². The molecule has 0 saturated heterocycles. The van der Waals surface area contributed by atoms with Crippen molar-refractivity contribution in [2.24, 2.45) is 5.41 Å². The molecule has 20 heavy (non-hydrogen) atoms. The summed E-state index contributed by atoms with van der Waals surface area (Å²) in [6.45, 7) is 4.20. The Balaban J connectivity index is 2.03. The molecule has 0 spiro atoms. The topological polar surface area (TPSA) is 65.0 Å². The molecule has 104 valence electrons. The van der Waals surface area contributed by atoms with Gasteiger partial charge in [-0.2, -0.15) is 0 Å². The van der Waals surface area contributed by atoms with Gasteiger partial charge in [-0.1, -0.05) is 13.8 Å². The Morgan fingerprint density at radius 1 is 1.30 bits per heavy atom. The molecule has 0 radical (unpaired) electrons. The number of carbonyl (C=O) groups is 1. The molecule has 5 nitrogen and oxygen atoms in total. The molecule has 2 aromatic heterocycles. The van der Waals surface area contributed by atoms with Crippen molar-refractivity contribution >= 4 is 17.1 Å². The van der Waals surface area contributed by atoms with E-state index in [4.69, 9.17) is 4.74 Å². The van der Waals surface area contributed by atoms with Crippen LogP contribution < -0.4 is 4.74 Å². The second kappa shape index (κ2) is 4.63. The van der Waals surface area contributed by atoms with Crippen molar-refractivity contribution < 1.29 is 9.53 Å². The zero-order valence-corrected chi connectivity index (χ0v) is 12.5. The number of ketones is 1. The molecule has 0 amide bonds. The molecule has 0 aromatic carbocycles. The van der Waals surface area contributed by atoms with Crippen LogP contribution in [0.25, 0.3) is 10.7 Å². The molecule has 0 fully saturated rings. The van der Waals surface area contributed by atoms with Gasteiger partial charge in [-0.15, -0.1) is 11.3 Å². The summed E-state index contributed by atoms with van der Waals surface area (Å²) in [5, 5.41) is 0.752. The van der Waals surface area contributed by atoms with Crippen molar-refractivity contribution in [2.45, 2.75) is 26.7 Å². The number of thiazole rings is 1. The number of methoxy groups -OCH3 is 1. The number of fused-ring (bicyclic) bond motifs is 1. The highest BCUT2D eigenvalue weighted by Gasteiger charge is 2.34. The lowest BCUT2D eigenvalue weighted by atomic mass is 9.78. The monoisotopic (exact) mass is 289 g/mol. The van der Waals surface area contributed by atoms with Gasteiger partial charge in [-0.3, -0.25) is 4.79 Å². The molecule has 2 aromatic rings. The SMILES string of the molecule is COc1cc(-c2nc3c(s2)C(=O)CC(C)(C)C3)ncn1. The van der Waals surface area contributed by atoms with E-state index in [9.17, 15) is 4.79 Å². The summed E-state index contributed by atoms with van der Waals surface area (Å²) in [5.74, 6) is 0.677. The van der Waals surface area contributed by atoms with Gasteiger partial charge in [0.25, 0.3) is 0 Å². The Hall–Kier alpha value is -1.82. The molecule has 0 N–H and O–H groups in total. The number of Topliss-reactive ketones (excluding diaryl/α,β-unsaturated/α-hetero) is 1. The number of nitrogens with zero attached hydrogens (tertiary/aromatic N) is 3. The van der Waals surface area contributed by atoms with Crippen molar-refractivity contribution in [2.75, 3.05) is 7.11 Å². The van der Waals surface area contributed by atoms with E-state index >= 15 is 0 Å². The number of carbonyl (C=O) groups excluding carboxylic acids is 1. The van der Waals surface area contributed by atoms with E-state index in [0.717, 1.165) is 22.0 Å². The summed E-state index contributed by atoms with van der Waals surface area (Å²) < 4.78 is 5.09. The fourth-order valence-corrected chi connectivity index (χ4v) is 3.38. The molecule has 6 heteroatoms. The Bertz CT molecular complexity index is 679. The van der Waals surface area contributed by atoms with Crippen LogP contribution in [-0.2, 0) is 6.42 Å². The zero-order valence-electron chi connectivity index (χ0n) is 11.6. The van der Waals surface area contributed by atoms with Crippen molar-refractivity contribution in [3.8, 4) is 16.6 Å². The highest BCUT2D eigenvalue weighted by molar-refractivity contribution is 7.17. The van der Waals surface area contributed by atoms with Crippen molar-refractivity contribution in [3.63, 3.8) is 0 Å². The summed E-state index contributed by atoms with van der Waals surface area (Å²) in [6, 6.07) is 1.74. The number of hydrogen-bond donors (Lipinski definition) is 0. The standard InChI is InChI=1S/C14H15N3O2S/c1-14(2)5-9-12(10(18)6-14)20-13(17-9)8-4-11(19-3)16-7-15-8/h4,7H,5-6H2,1-3H3. The summed E-state index contributed by atoms with van der Waals surface area (Å²) in [6.07, 6.45) is 2.85. The molecule has 0 aliphatic heterocycles. The average molecular weight is 289 g/mol. The number of rotatable bonds is 2. The van der Waals surface area contributed by atoms with Gasteiger partial charge in [-0.25, -0.2) is 15.0 Å². The molecule has 0 unspecified atom stereocenters. The third-order valence-electron chi connectivity index (χ3n) is 3.31. The summed E-state index contributed by atoms with van der Waals surface area (Å²) >= 11 is 1.41. The molecule has 0 bridgehead atoms. The highest BCUT2D eigenvalue weighted by atomic mass is 32.1. The molecule has 0 saturated carbocycles. The molecular formula is C14H15N3O2S. The van der Waals surface area contributed by atoms with Gasteiger partial charge in [0.15, 0.2) is 5.78 Å². The van der Waals surface area contributed by atoms with E-state index in [2.05, 4.69) is 28.8 Å².